The summed E-state index contributed by atoms with van der Waals surface area (Å²) in [5, 5.41) is 7.30. The van der Waals surface area contributed by atoms with Gasteiger partial charge in [0.15, 0.2) is 0 Å². The highest BCUT2D eigenvalue weighted by Crippen LogP contribution is 2.23. The number of hydrogen-bond donors (Lipinski definition) is 2. The SMILES string of the molecule is CCc1nc(C)c(CNC(=O)c2c(OC)cc(=O)n3c2CCNCC3)s1.Cl. The third-order valence-electron chi connectivity index (χ3n) is 4.53. The van der Waals surface area contributed by atoms with Gasteiger partial charge in [-0.2, -0.15) is 0 Å². The van der Waals surface area contributed by atoms with Gasteiger partial charge in [-0.15, -0.1) is 23.7 Å². The zero-order valence-electron chi connectivity index (χ0n) is 15.8. The van der Waals surface area contributed by atoms with E-state index in [1.54, 1.807) is 15.9 Å². The van der Waals surface area contributed by atoms with E-state index in [9.17, 15) is 9.59 Å². The van der Waals surface area contributed by atoms with Crippen molar-refractivity contribution in [1.82, 2.24) is 20.2 Å². The molecular weight excluding hydrogens is 388 g/mol. The monoisotopic (exact) mass is 412 g/mol. The summed E-state index contributed by atoms with van der Waals surface area (Å²) in [6, 6.07) is 1.40. The molecule has 0 spiro atoms. The first-order chi connectivity index (χ1) is 12.5. The molecule has 3 heterocycles. The van der Waals surface area contributed by atoms with E-state index in [1.165, 1.54) is 13.2 Å². The number of nitrogens with one attached hydrogen (secondary N) is 2. The van der Waals surface area contributed by atoms with Gasteiger partial charge in [-0.3, -0.25) is 9.59 Å². The van der Waals surface area contributed by atoms with E-state index in [0.717, 1.165) is 34.2 Å². The Morgan fingerprint density at radius 3 is 2.89 bits per heavy atom. The fourth-order valence-electron chi connectivity index (χ4n) is 3.16. The molecule has 0 atom stereocenters. The first kappa shape index (κ1) is 21.4. The van der Waals surface area contributed by atoms with E-state index in [4.69, 9.17) is 4.74 Å². The summed E-state index contributed by atoms with van der Waals surface area (Å²) in [7, 11) is 1.48. The molecule has 0 saturated heterocycles. The largest absolute Gasteiger partial charge is 0.496 e. The topological polar surface area (TPSA) is 85.2 Å². The van der Waals surface area contributed by atoms with Crippen LogP contribution in [0.4, 0.5) is 0 Å². The maximum absolute atomic E-state index is 12.9. The molecule has 148 valence electrons. The van der Waals surface area contributed by atoms with Crippen LogP contribution in [0.3, 0.4) is 0 Å². The van der Waals surface area contributed by atoms with E-state index in [0.29, 0.717) is 37.4 Å². The van der Waals surface area contributed by atoms with Crippen LogP contribution >= 0.6 is 23.7 Å². The summed E-state index contributed by atoms with van der Waals surface area (Å²) in [5.41, 5.74) is 2.00. The third-order valence-corrected chi connectivity index (χ3v) is 5.83. The van der Waals surface area contributed by atoms with Crippen LogP contribution in [0.2, 0.25) is 0 Å². The molecule has 3 rings (SSSR count). The quantitative estimate of drug-likeness (QED) is 0.780. The molecule has 0 bridgehead atoms. The molecule has 1 aliphatic rings. The van der Waals surface area contributed by atoms with Crippen molar-refractivity contribution in [2.45, 2.75) is 39.8 Å². The molecule has 0 radical (unpaired) electrons. The van der Waals surface area contributed by atoms with Crippen molar-refractivity contribution in [2.75, 3.05) is 20.2 Å². The van der Waals surface area contributed by atoms with Crippen LogP contribution in [-0.2, 0) is 25.9 Å². The van der Waals surface area contributed by atoms with E-state index in [1.807, 2.05) is 6.92 Å². The minimum Gasteiger partial charge on any atom is -0.496 e. The van der Waals surface area contributed by atoms with Crippen LogP contribution in [0.1, 0.15) is 38.6 Å². The number of aryl methyl sites for hydroxylation is 2. The Kier molecular flexibility index (Phi) is 7.41. The number of rotatable bonds is 5. The number of pyridine rings is 1. The Hall–Kier alpha value is -1.90. The second kappa shape index (κ2) is 9.34. The number of ether oxygens (including phenoxy) is 1. The summed E-state index contributed by atoms with van der Waals surface area (Å²) in [6.45, 7) is 6.42. The number of amides is 1. The average Bonchev–Trinajstić information content (AvgIpc) is 2.83. The molecule has 2 aromatic rings. The highest BCUT2D eigenvalue weighted by Gasteiger charge is 2.23. The van der Waals surface area contributed by atoms with Crippen molar-refractivity contribution in [1.29, 1.82) is 0 Å². The Bertz CT molecular complexity index is 878. The number of thiazole rings is 1. The summed E-state index contributed by atoms with van der Waals surface area (Å²) in [5.74, 6) is 0.106. The number of carbonyl (C=O) groups is 1. The second-order valence-electron chi connectivity index (χ2n) is 6.18. The molecule has 0 fully saturated rings. The number of halogens is 1. The van der Waals surface area contributed by atoms with Crippen LogP contribution in [0.15, 0.2) is 10.9 Å². The zero-order valence-corrected chi connectivity index (χ0v) is 17.4. The first-order valence-corrected chi connectivity index (χ1v) is 9.61. The van der Waals surface area contributed by atoms with Crippen LogP contribution in [-0.4, -0.2) is 35.7 Å². The van der Waals surface area contributed by atoms with Gasteiger partial charge in [0.25, 0.3) is 11.5 Å². The Morgan fingerprint density at radius 1 is 1.44 bits per heavy atom. The molecule has 0 aliphatic carbocycles. The van der Waals surface area contributed by atoms with Crippen LogP contribution in [0.5, 0.6) is 5.75 Å². The van der Waals surface area contributed by atoms with Gasteiger partial charge in [0, 0.05) is 42.7 Å². The van der Waals surface area contributed by atoms with Crippen LogP contribution < -0.4 is 20.9 Å². The Morgan fingerprint density at radius 2 is 2.22 bits per heavy atom. The second-order valence-corrected chi connectivity index (χ2v) is 7.34. The zero-order chi connectivity index (χ0) is 18.7. The van der Waals surface area contributed by atoms with Crippen molar-refractivity contribution in [2.24, 2.45) is 0 Å². The molecule has 2 N–H and O–H groups in total. The molecule has 9 heteroatoms. The predicted octanol–water partition coefficient (Wildman–Crippen LogP) is 1.68. The minimum atomic E-state index is -0.224. The van der Waals surface area contributed by atoms with Crippen molar-refractivity contribution >= 4 is 29.7 Å². The van der Waals surface area contributed by atoms with Crippen molar-refractivity contribution in [3.63, 3.8) is 0 Å². The van der Waals surface area contributed by atoms with Gasteiger partial charge in [0.05, 0.1) is 24.4 Å². The van der Waals surface area contributed by atoms with Gasteiger partial charge in [-0.1, -0.05) is 6.92 Å². The lowest BCUT2D eigenvalue weighted by Gasteiger charge is -2.17. The lowest BCUT2D eigenvalue weighted by molar-refractivity contribution is 0.0946. The van der Waals surface area contributed by atoms with Gasteiger partial charge in [0.1, 0.15) is 11.3 Å². The normalized spacial score (nSPS) is 13.3. The van der Waals surface area contributed by atoms with Gasteiger partial charge < -0.3 is 19.9 Å². The Balaban J connectivity index is 0.00000261. The van der Waals surface area contributed by atoms with Crippen molar-refractivity contribution in [3.8, 4) is 5.75 Å². The highest BCUT2D eigenvalue weighted by atomic mass is 35.5. The number of aromatic nitrogens is 2. The lowest BCUT2D eigenvalue weighted by Crippen LogP contribution is -2.31. The first-order valence-electron chi connectivity index (χ1n) is 8.80. The number of hydrogen-bond acceptors (Lipinski definition) is 6. The Labute approximate surface area is 168 Å². The number of methoxy groups -OCH3 is 1. The third kappa shape index (κ3) is 4.51. The minimum absolute atomic E-state index is 0. The fourth-order valence-corrected chi connectivity index (χ4v) is 4.11. The lowest BCUT2D eigenvalue weighted by atomic mass is 10.1. The van der Waals surface area contributed by atoms with Gasteiger partial charge in [0.2, 0.25) is 0 Å². The maximum Gasteiger partial charge on any atom is 0.257 e. The molecule has 1 aliphatic heterocycles. The molecular formula is C18H25ClN4O3S. The summed E-state index contributed by atoms with van der Waals surface area (Å²) in [4.78, 5) is 30.8. The number of fused-ring (bicyclic) bond motifs is 1. The standard InChI is InChI=1S/C18H24N4O3S.ClH/c1-4-15-21-11(2)14(26-15)10-20-18(24)17-12-5-6-19-7-8-22(12)16(23)9-13(17)25-3;/h9,19H,4-8,10H2,1-3H3,(H,20,24);1H. The van der Waals surface area contributed by atoms with Crippen molar-refractivity contribution < 1.29 is 9.53 Å². The van der Waals surface area contributed by atoms with Gasteiger partial charge in [-0.25, -0.2) is 4.98 Å². The van der Waals surface area contributed by atoms with E-state index >= 15 is 0 Å². The molecule has 0 aromatic carbocycles. The van der Waals surface area contributed by atoms with Gasteiger partial charge in [-0.05, 0) is 13.3 Å². The average molecular weight is 413 g/mol. The molecule has 7 nitrogen and oxygen atoms in total. The molecule has 0 saturated carbocycles. The number of nitrogens with zero attached hydrogens (tertiary/aromatic N) is 2. The summed E-state index contributed by atoms with van der Waals surface area (Å²) < 4.78 is 7.02. The van der Waals surface area contributed by atoms with E-state index in [2.05, 4.69) is 22.5 Å². The predicted molar refractivity (Wildman–Crippen MR) is 108 cm³/mol. The molecule has 27 heavy (non-hydrogen) atoms. The van der Waals surface area contributed by atoms with E-state index < -0.39 is 0 Å². The maximum atomic E-state index is 12.9. The van der Waals surface area contributed by atoms with E-state index in [-0.39, 0.29) is 23.9 Å². The molecule has 1 amide bonds. The fraction of sp³-hybridized carbons (Fsp3) is 0.500. The smallest absolute Gasteiger partial charge is 0.257 e. The molecule has 0 unspecified atom stereocenters. The summed E-state index contributed by atoms with van der Waals surface area (Å²) in [6.07, 6.45) is 1.49. The van der Waals surface area contributed by atoms with Crippen molar-refractivity contribution in [3.05, 3.63) is 43.3 Å². The van der Waals surface area contributed by atoms with Crippen LogP contribution in [0.25, 0.3) is 0 Å². The van der Waals surface area contributed by atoms with Crippen LogP contribution in [0, 0.1) is 6.92 Å². The number of carbonyl (C=O) groups excluding carboxylic acids is 1. The van der Waals surface area contributed by atoms with Gasteiger partial charge >= 0.3 is 0 Å². The highest BCUT2D eigenvalue weighted by molar-refractivity contribution is 7.11. The molecule has 2 aromatic heterocycles. The summed E-state index contributed by atoms with van der Waals surface area (Å²) >= 11 is 1.62.